The Morgan fingerprint density at radius 2 is 1.95 bits per heavy atom. The molecule has 1 aromatic carbocycles. The molecule has 5 heteroatoms. The van der Waals surface area contributed by atoms with Crippen LogP contribution in [0.15, 0.2) is 18.2 Å². The zero-order valence-corrected chi connectivity index (χ0v) is 13.1. The van der Waals surface area contributed by atoms with Crippen molar-refractivity contribution in [1.82, 2.24) is 4.90 Å². The second kappa shape index (κ2) is 8.39. The number of benzene rings is 1. The van der Waals surface area contributed by atoms with E-state index in [1.807, 2.05) is 11.8 Å². The van der Waals surface area contributed by atoms with Gasteiger partial charge in [-0.3, -0.25) is 14.9 Å². The minimum Gasteiger partial charge on any atom is -0.342 e. The number of hydrogen-bond acceptors (Lipinski definition) is 3. The maximum Gasteiger partial charge on any atom is 0.272 e. The summed E-state index contributed by atoms with van der Waals surface area (Å²) in [6.07, 6.45) is 3.18. The highest BCUT2D eigenvalue weighted by Crippen LogP contribution is 2.22. The molecule has 0 saturated carbocycles. The van der Waals surface area contributed by atoms with Crippen LogP contribution in [0.25, 0.3) is 0 Å². The van der Waals surface area contributed by atoms with Crippen molar-refractivity contribution in [3.63, 3.8) is 0 Å². The van der Waals surface area contributed by atoms with Gasteiger partial charge in [-0.1, -0.05) is 32.4 Å². The molecule has 0 spiro atoms. The molecule has 1 amide bonds. The van der Waals surface area contributed by atoms with Crippen molar-refractivity contribution in [3.8, 4) is 0 Å². The molecule has 0 atom stereocenters. The van der Waals surface area contributed by atoms with E-state index in [0.717, 1.165) is 37.9 Å². The number of hydrogen-bond donors (Lipinski definition) is 0. The predicted octanol–water partition coefficient (Wildman–Crippen LogP) is 3.48. The molecule has 116 valence electrons. The summed E-state index contributed by atoms with van der Waals surface area (Å²) in [7, 11) is 0. The van der Waals surface area contributed by atoms with E-state index < -0.39 is 4.92 Å². The molecule has 0 bridgehead atoms. The number of carbonyl (C=O) groups excluding carboxylic acids is 1. The summed E-state index contributed by atoms with van der Waals surface area (Å²) in [6.45, 7) is 7.35. The summed E-state index contributed by atoms with van der Waals surface area (Å²) < 4.78 is 0. The van der Waals surface area contributed by atoms with Crippen molar-refractivity contribution in [2.24, 2.45) is 0 Å². The fourth-order valence-electron chi connectivity index (χ4n) is 2.31. The summed E-state index contributed by atoms with van der Waals surface area (Å²) >= 11 is 0. The van der Waals surface area contributed by atoms with Crippen LogP contribution in [0.1, 0.15) is 44.2 Å². The standard InChI is InChI=1S/C16H24N2O3/c1-4-6-11-17(10-5-2)16(19)12-14-8-7-9-15(13(14)3)18(20)21/h7-9H,4-6,10-12H2,1-3H3. The van der Waals surface area contributed by atoms with Crippen LogP contribution in [-0.2, 0) is 11.2 Å². The third-order valence-corrected chi connectivity index (χ3v) is 3.58. The maximum absolute atomic E-state index is 12.4. The minimum absolute atomic E-state index is 0.0499. The molecule has 5 nitrogen and oxygen atoms in total. The number of carbonyl (C=O) groups is 1. The zero-order chi connectivity index (χ0) is 15.8. The molecule has 0 fully saturated rings. The van der Waals surface area contributed by atoms with Gasteiger partial charge in [0.1, 0.15) is 0 Å². The second-order valence-electron chi connectivity index (χ2n) is 5.23. The first-order valence-corrected chi connectivity index (χ1v) is 7.51. The lowest BCUT2D eigenvalue weighted by molar-refractivity contribution is -0.385. The molecule has 0 aromatic heterocycles. The molecule has 0 aliphatic rings. The van der Waals surface area contributed by atoms with Crippen LogP contribution >= 0.6 is 0 Å². The molecule has 0 heterocycles. The monoisotopic (exact) mass is 292 g/mol. The topological polar surface area (TPSA) is 63.5 Å². The van der Waals surface area contributed by atoms with Gasteiger partial charge in [0.2, 0.25) is 5.91 Å². The van der Waals surface area contributed by atoms with Gasteiger partial charge in [-0.05, 0) is 25.3 Å². The lowest BCUT2D eigenvalue weighted by Crippen LogP contribution is -2.34. The van der Waals surface area contributed by atoms with Gasteiger partial charge in [-0.2, -0.15) is 0 Å². The van der Waals surface area contributed by atoms with Crippen molar-refractivity contribution in [2.75, 3.05) is 13.1 Å². The van der Waals surface area contributed by atoms with Crippen molar-refractivity contribution < 1.29 is 9.72 Å². The van der Waals surface area contributed by atoms with Crippen molar-refractivity contribution in [3.05, 3.63) is 39.4 Å². The fourth-order valence-corrected chi connectivity index (χ4v) is 2.31. The molecule has 0 radical (unpaired) electrons. The van der Waals surface area contributed by atoms with Crippen LogP contribution in [0.3, 0.4) is 0 Å². The van der Waals surface area contributed by atoms with E-state index in [-0.39, 0.29) is 18.0 Å². The third kappa shape index (κ3) is 4.85. The SMILES string of the molecule is CCCCN(CCC)C(=O)Cc1cccc([N+](=O)[O-])c1C. The van der Waals surface area contributed by atoms with Crippen LogP contribution in [0.4, 0.5) is 5.69 Å². The van der Waals surface area contributed by atoms with E-state index in [4.69, 9.17) is 0 Å². The molecule has 0 aliphatic heterocycles. The van der Waals surface area contributed by atoms with Gasteiger partial charge in [0.15, 0.2) is 0 Å². The largest absolute Gasteiger partial charge is 0.342 e. The van der Waals surface area contributed by atoms with Crippen LogP contribution in [0.5, 0.6) is 0 Å². The Morgan fingerprint density at radius 3 is 2.52 bits per heavy atom. The van der Waals surface area contributed by atoms with Gasteiger partial charge in [0.25, 0.3) is 5.69 Å². The number of nitrogens with zero attached hydrogens (tertiary/aromatic N) is 2. The van der Waals surface area contributed by atoms with E-state index in [9.17, 15) is 14.9 Å². The number of nitro groups is 1. The Bertz CT molecular complexity index is 500. The van der Waals surface area contributed by atoms with E-state index in [1.165, 1.54) is 6.07 Å². The molecule has 21 heavy (non-hydrogen) atoms. The molecule has 0 saturated heterocycles. The number of amides is 1. The highest BCUT2D eigenvalue weighted by molar-refractivity contribution is 5.79. The first-order chi connectivity index (χ1) is 10.0. The summed E-state index contributed by atoms with van der Waals surface area (Å²) in [5.74, 6) is 0.0499. The third-order valence-electron chi connectivity index (χ3n) is 3.58. The second-order valence-corrected chi connectivity index (χ2v) is 5.23. The van der Waals surface area contributed by atoms with Gasteiger partial charge in [0.05, 0.1) is 11.3 Å². The Hall–Kier alpha value is -1.91. The van der Waals surface area contributed by atoms with Gasteiger partial charge in [-0.25, -0.2) is 0 Å². The van der Waals surface area contributed by atoms with E-state index in [0.29, 0.717) is 5.56 Å². The lowest BCUT2D eigenvalue weighted by atomic mass is 10.0. The Balaban J connectivity index is 2.85. The van der Waals surface area contributed by atoms with Crippen LogP contribution in [0, 0.1) is 17.0 Å². The molecule has 1 rings (SSSR count). The first kappa shape index (κ1) is 17.1. The average molecular weight is 292 g/mol. The zero-order valence-electron chi connectivity index (χ0n) is 13.1. The van der Waals surface area contributed by atoms with Gasteiger partial charge in [0, 0.05) is 24.7 Å². The molecule has 0 unspecified atom stereocenters. The van der Waals surface area contributed by atoms with Crippen LogP contribution in [-0.4, -0.2) is 28.8 Å². The van der Waals surface area contributed by atoms with E-state index in [1.54, 1.807) is 19.1 Å². The summed E-state index contributed by atoms with van der Waals surface area (Å²) in [4.78, 5) is 24.8. The maximum atomic E-state index is 12.4. The Labute approximate surface area is 126 Å². The molecule has 0 N–H and O–H groups in total. The number of rotatable bonds is 8. The Kier molecular flexibility index (Phi) is 6.85. The van der Waals surface area contributed by atoms with Gasteiger partial charge >= 0.3 is 0 Å². The average Bonchev–Trinajstić information content (AvgIpc) is 2.45. The number of nitro benzene ring substituents is 1. The summed E-state index contributed by atoms with van der Waals surface area (Å²) in [5, 5.41) is 10.9. The molecule has 0 aliphatic carbocycles. The molecular weight excluding hydrogens is 268 g/mol. The summed E-state index contributed by atoms with van der Waals surface area (Å²) in [5.41, 5.74) is 1.41. The van der Waals surface area contributed by atoms with Gasteiger partial charge in [-0.15, -0.1) is 0 Å². The smallest absolute Gasteiger partial charge is 0.272 e. The van der Waals surface area contributed by atoms with E-state index >= 15 is 0 Å². The summed E-state index contributed by atoms with van der Waals surface area (Å²) in [6, 6.07) is 4.92. The highest BCUT2D eigenvalue weighted by atomic mass is 16.6. The van der Waals surface area contributed by atoms with Crippen molar-refractivity contribution in [1.29, 1.82) is 0 Å². The fraction of sp³-hybridized carbons (Fsp3) is 0.562. The lowest BCUT2D eigenvalue weighted by Gasteiger charge is -2.22. The number of unbranched alkanes of at least 4 members (excludes halogenated alkanes) is 1. The van der Waals surface area contributed by atoms with Crippen LogP contribution < -0.4 is 0 Å². The first-order valence-electron chi connectivity index (χ1n) is 7.51. The quantitative estimate of drug-likeness (QED) is 0.544. The molecular formula is C16H24N2O3. The van der Waals surface area contributed by atoms with Crippen molar-refractivity contribution >= 4 is 11.6 Å². The van der Waals surface area contributed by atoms with E-state index in [2.05, 4.69) is 6.92 Å². The Morgan fingerprint density at radius 1 is 1.24 bits per heavy atom. The van der Waals surface area contributed by atoms with Crippen molar-refractivity contribution in [2.45, 2.75) is 46.5 Å². The molecule has 1 aromatic rings. The highest BCUT2D eigenvalue weighted by Gasteiger charge is 2.18. The van der Waals surface area contributed by atoms with Crippen LogP contribution in [0.2, 0.25) is 0 Å². The van der Waals surface area contributed by atoms with Gasteiger partial charge < -0.3 is 4.90 Å². The normalized spacial score (nSPS) is 10.4. The predicted molar refractivity (Wildman–Crippen MR) is 83.3 cm³/mol. The minimum atomic E-state index is -0.399.